The fourth-order valence-electron chi connectivity index (χ4n) is 4.40. The van der Waals surface area contributed by atoms with E-state index in [9.17, 15) is 9.18 Å². The summed E-state index contributed by atoms with van der Waals surface area (Å²) in [4.78, 5) is 16.8. The first-order chi connectivity index (χ1) is 14.0. The van der Waals surface area contributed by atoms with E-state index in [1.165, 1.54) is 6.07 Å². The van der Waals surface area contributed by atoms with Crippen molar-refractivity contribution in [3.8, 4) is 0 Å². The van der Waals surface area contributed by atoms with Crippen LogP contribution >= 0.6 is 11.6 Å². The number of halogens is 2. The van der Waals surface area contributed by atoms with Crippen molar-refractivity contribution in [1.29, 1.82) is 0 Å². The van der Waals surface area contributed by atoms with Crippen LogP contribution in [0, 0.1) is 24.6 Å². The van der Waals surface area contributed by atoms with E-state index in [2.05, 4.69) is 20.2 Å². The van der Waals surface area contributed by atoms with Crippen LogP contribution in [0.3, 0.4) is 0 Å². The third-order valence-corrected chi connectivity index (χ3v) is 6.31. The van der Waals surface area contributed by atoms with Crippen molar-refractivity contribution in [3.05, 3.63) is 52.6 Å². The van der Waals surface area contributed by atoms with Crippen LogP contribution in [0.5, 0.6) is 0 Å². The van der Waals surface area contributed by atoms with Crippen molar-refractivity contribution in [2.24, 2.45) is 11.8 Å². The van der Waals surface area contributed by atoms with Crippen LogP contribution in [0.1, 0.15) is 11.4 Å². The summed E-state index contributed by atoms with van der Waals surface area (Å²) >= 11 is 6.07. The average molecular weight is 415 g/mol. The highest BCUT2D eigenvalue weighted by atomic mass is 35.5. The Morgan fingerprint density at radius 2 is 1.90 bits per heavy atom. The summed E-state index contributed by atoms with van der Waals surface area (Å²) in [6.45, 7) is 4.92. The number of nitrogens with zero attached hydrogens (tertiary/aromatic N) is 6. The van der Waals surface area contributed by atoms with Gasteiger partial charge >= 0.3 is 0 Å². The first kappa shape index (κ1) is 18.3. The van der Waals surface area contributed by atoms with Crippen molar-refractivity contribution in [3.63, 3.8) is 0 Å². The lowest BCUT2D eigenvalue weighted by molar-refractivity contribution is -0.129. The summed E-state index contributed by atoms with van der Waals surface area (Å²) in [7, 11) is 0. The van der Waals surface area contributed by atoms with Gasteiger partial charge in [-0.3, -0.25) is 4.79 Å². The molecule has 9 heteroatoms. The molecule has 2 saturated heterocycles. The van der Waals surface area contributed by atoms with Gasteiger partial charge in [-0.1, -0.05) is 17.7 Å². The number of aromatic nitrogens is 4. The molecule has 2 unspecified atom stereocenters. The predicted molar refractivity (Wildman–Crippen MR) is 106 cm³/mol. The Balaban J connectivity index is 1.25. The molecule has 0 N–H and O–H groups in total. The zero-order valence-corrected chi connectivity index (χ0v) is 16.7. The number of carbonyl (C=O) groups excluding carboxylic acids is 1. The number of anilines is 1. The van der Waals surface area contributed by atoms with Gasteiger partial charge in [-0.25, -0.2) is 4.39 Å². The lowest BCUT2D eigenvalue weighted by atomic mass is 10.0. The molecular formula is C20H20ClFN6O. The molecule has 7 nitrogen and oxygen atoms in total. The van der Waals surface area contributed by atoms with Crippen molar-refractivity contribution < 1.29 is 9.18 Å². The van der Waals surface area contributed by atoms with Crippen LogP contribution in [-0.4, -0.2) is 56.8 Å². The number of carbonyl (C=O) groups is 1. The van der Waals surface area contributed by atoms with E-state index in [0.717, 1.165) is 30.4 Å². The first-order valence-electron chi connectivity index (χ1n) is 9.64. The average Bonchev–Trinajstić information content (AvgIpc) is 3.38. The van der Waals surface area contributed by atoms with Crippen molar-refractivity contribution in [2.45, 2.75) is 13.3 Å². The maximum absolute atomic E-state index is 14.0. The van der Waals surface area contributed by atoms with E-state index in [0.29, 0.717) is 29.9 Å². The zero-order valence-electron chi connectivity index (χ0n) is 15.9. The third kappa shape index (κ3) is 3.21. The van der Waals surface area contributed by atoms with Gasteiger partial charge in [0.25, 0.3) is 0 Å². The highest BCUT2D eigenvalue weighted by Gasteiger charge is 2.42. The van der Waals surface area contributed by atoms with E-state index in [-0.39, 0.29) is 17.9 Å². The largest absolute Gasteiger partial charge is 0.354 e. The van der Waals surface area contributed by atoms with Gasteiger partial charge in [0.15, 0.2) is 11.5 Å². The Labute approximate surface area is 172 Å². The van der Waals surface area contributed by atoms with Crippen LogP contribution < -0.4 is 4.90 Å². The molecule has 29 heavy (non-hydrogen) atoms. The summed E-state index contributed by atoms with van der Waals surface area (Å²) in [5.41, 5.74) is 1.01. The minimum Gasteiger partial charge on any atom is -0.354 e. The number of rotatable bonds is 3. The van der Waals surface area contributed by atoms with Gasteiger partial charge in [0.05, 0.1) is 6.42 Å². The fourth-order valence-corrected chi connectivity index (χ4v) is 4.63. The Morgan fingerprint density at radius 1 is 1.14 bits per heavy atom. The van der Waals surface area contributed by atoms with Gasteiger partial charge in [0, 0.05) is 48.6 Å². The molecule has 2 fully saturated rings. The van der Waals surface area contributed by atoms with E-state index in [1.54, 1.807) is 16.6 Å². The Hall–Kier alpha value is -2.74. The fraction of sp³-hybridized carbons (Fsp3) is 0.400. The van der Waals surface area contributed by atoms with Gasteiger partial charge in [-0.15, -0.1) is 15.3 Å². The summed E-state index contributed by atoms with van der Waals surface area (Å²) in [6, 6.07) is 8.39. The minimum absolute atomic E-state index is 0.000208. The second-order valence-electron chi connectivity index (χ2n) is 7.81. The molecule has 0 spiro atoms. The number of likely N-dealkylation sites (tertiary alicyclic amines) is 1. The minimum atomic E-state index is -0.429. The lowest BCUT2D eigenvalue weighted by Gasteiger charge is -2.22. The molecule has 2 aliphatic heterocycles. The van der Waals surface area contributed by atoms with Crippen LogP contribution in [0.4, 0.5) is 10.2 Å². The normalized spacial score (nSPS) is 21.2. The van der Waals surface area contributed by atoms with Gasteiger partial charge in [0.1, 0.15) is 11.6 Å². The standard InChI is InChI=1S/C20H20ClFN6O/c1-12-23-24-18-5-6-19(25-28(12)18)26-8-13-10-27(11-14(13)9-26)20(29)7-15-16(21)3-2-4-17(15)22/h2-6,13-14H,7-11H2,1H3. The smallest absolute Gasteiger partial charge is 0.227 e. The molecule has 0 radical (unpaired) electrons. The molecule has 2 aliphatic rings. The molecular weight excluding hydrogens is 395 g/mol. The van der Waals surface area contributed by atoms with Crippen LogP contribution in [0.2, 0.25) is 5.02 Å². The van der Waals surface area contributed by atoms with Gasteiger partial charge in [-0.05, 0) is 31.2 Å². The number of hydrogen-bond donors (Lipinski definition) is 0. The third-order valence-electron chi connectivity index (χ3n) is 5.96. The maximum Gasteiger partial charge on any atom is 0.227 e. The van der Waals surface area contributed by atoms with Crippen molar-refractivity contribution in [1.82, 2.24) is 24.7 Å². The van der Waals surface area contributed by atoms with Crippen LogP contribution in [-0.2, 0) is 11.2 Å². The number of benzene rings is 1. The zero-order chi connectivity index (χ0) is 20.1. The molecule has 3 aromatic rings. The lowest BCUT2D eigenvalue weighted by Crippen LogP contribution is -2.34. The van der Waals surface area contributed by atoms with E-state index in [1.807, 2.05) is 24.0 Å². The molecule has 0 bridgehead atoms. The molecule has 0 saturated carbocycles. The first-order valence-corrected chi connectivity index (χ1v) is 10.0. The van der Waals surface area contributed by atoms with E-state index in [4.69, 9.17) is 11.6 Å². The Bertz CT molecular complexity index is 1070. The predicted octanol–water partition coefficient (Wildman–Crippen LogP) is 2.36. The second kappa shape index (κ2) is 6.95. The molecule has 5 rings (SSSR count). The summed E-state index contributed by atoms with van der Waals surface area (Å²) in [5.74, 6) is 1.92. The maximum atomic E-state index is 14.0. The highest BCUT2D eigenvalue weighted by Crippen LogP contribution is 2.34. The monoisotopic (exact) mass is 414 g/mol. The van der Waals surface area contributed by atoms with Gasteiger partial charge < -0.3 is 9.80 Å². The topological polar surface area (TPSA) is 66.6 Å². The molecule has 4 heterocycles. The number of fused-ring (bicyclic) bond motifs is 2. The molecule has 2 aromatic heterocycles. The molecule has 0 aliphatic carbocycles. The SMILES string of the molecule is Cc1nnc2ccc(N3CC4CN(C(=O)Cc5c(F)cccc5Cl)CC4C3)nn12. The van der Waals surface area contributed by atoms with Crippen molar-refractivity contribution in [2.75, 3.05) is 31.1 Å². The van der Waals surface area contributed by atoms with E-state index < -0.39 is 5.82 Å². The van der Waals surface area contributed by atoms with Crippen LogP contribution in [0.25, 0.3) is 5.65 Å². The summed E-state index contributed by atoms with van der Waals surface area (Å²) in [6.07, 6.45) is -0.000208. The van der Waals surface area contributed by atoms with Crippen LogP contribution in [0.15, 0.2) is 30.3 Å². The molecule has 1 amide bonds. The number of amides is 1. The molecule has 150 valence electrons. The quantitative estimate of drug-likeness (QED) is 0.658. The summed E-state index contributed by atoms with van der Waals surface area (Å²) < 4.78 is 15.8. The number of hydrogen-bond acceptors (Lipinski definition) is 5. The second-order valence-corrected chi connectivity index (χ2v) is 8.22. The Kier molecular flexibility index (Phi) is 4.38. The van der Waals surface area contributed by atoms with Crippen molar-refractivity contribution >= 4 is 29.0 Å². The van der Waals surface area contributed by atoms with Gasteiger partial charge in [-0.2, -0.15) is 4.52 Å². The molecule has 1 aromatic carbocycles. The highest BCUT2D eigenvalue weighted by molar-refractivity contribution is 6.31. The molecule has 2 atom stereocenters. The number of aryl methyl sites for hydroxylation is 1. The Morgan fingerprint density at radius 3 is 2.62 bits per heavy atom. The van der Waals surface area contributed by atoms with E-state index >= 15 is 0 Å². The van der Waals surface area contributed by atoms with Gasteiger partial charge in [0.2, 0.25) is 5.91 Å². The summed E-state index contributed by atoms with van der Waals surface area (Å²) in [5, 5.41) is 13.1.